The van der Waals surface area contributed by atoms with Crippen molar-refractivity contribution in [3.05, 3.63) is 58.0 Å². The van der Waals surface area contributed by atoms with E-state index in [2.05, 4.69) is 5.32 Å². The van der Waals surface area contributed by atoms with Crippen molar-refractivity contribution in [3.8, 4) is 0 Å². The molecule has 1 aliphatic carbocycles. The van der Waals surface area contributed by atoms with Gasteiger partial charge in [-0.1, -0.05) is 37.1 Å². The van der Waals surface area contributed by atoms with E-state index in [0.717, 1.165) is 25.7 Å². The van der Waals surface area contributed by atoms with Crippen LogP contribution in [-0.4, -0.2) is 5.91 Å². The molecule has 0 spiro atoms. The summed E-state index contributed by atoms with van der Waals surface area (Å²) < 4.78 is 14.1. The summed E-state index contributed by atoms with van der Waals surface area (Å²) in [6.07, 6.45) is 3.62. The molecule has 1 aliphatic rings. The van der Waals surface area contributed by atoms with Gasteiger partial charge in [-0.05, 0) is 30.4 Å². The van der Waals surface area contributed by atoms with Gasteiger partial charge in [0.05, 0.1) is 10.4 Å². The Bertz CT molecular complexity index is 603. The number of nitrogens with one attached hydrogen (secondary N) is 1. The van der Waals surface area contributed by atoms with Crippen molar-refractivity contribution in [1.29, 1.82) is 0 Å². The van der Waals surface area contributed by atoms with E-state index in [0.29, 0.717) is 10.4 Å². The first-order valence-corrected chi connectivity index (χ1v) is 7.70. The highest BCUT2D eigenvalue weighted by atomic mass is 32.1. The van der Waals surface area contributed by atoms with Crippen molar-refractivity contribution in [1.82, 2.24) is 5.32 Å². The monoisotopic (exact) mass is 289 g/mol. The van der Waals surface area contributed by atoms with Crippen LogP contribution >= 0.6 is 11.3 Å². The van der Waals surface area contributed by atoms with Crippen LogP contribution in [0.3, 0.4) is 0 Å². The summed E-state index contributed by atoms with van der Waals surface area (Å²) >= 11 is 1.41. The summed E-state index contributed by atoms with van der Waals surface area (Å²) in [4.78, 5) is 13.0. The molecular weight excluding hydrogens is 273 g/mol. The molecule has 0 atom stereocenters. The van der Waals surface area contributed by atoms with E-state index >= 15 is 0 Å². The van der Waals surface area contributed by atoms with Crippen LogP contribution in [0.2, 0.25) is 0 Å². The van der Waals surface area contributed by atoms with E-state index < -0.39 is 5.54 Å². The molecule has 1 amide bonds. The fourth-order valence-electron chi connectivity index (χ4n) is 2.98. The first-order valence-electron chi connectivity index (χ1n) is 6.82. The summed E-state index contributed by atoms with van der Waals surface area (Å²) in [6, 6.07) is 10.4. The number of carbonyl (C=O) groups is 1. The lowest BCUT2D eigenvalue weighted by molar-refractivity contribution is 0.0900. The van der Waals surface area contributed by atoms with Gasteiger partial charge in [-0.15, -0.1) is 11.3 Å². The van der Waals surface area contributed by atoms with Crippen LogP contribution in [-0.2, 0) is 5.54 Å². The third-order valence-electron chi connectivity index (χ3n) is 3.94. The van der Waals surface area contributed by atoms with E-state index in [1.165, 1.54) is 17.4 Å². The molecule has 0 aliphatic heterocycles. The largest absolute Gasteiger partial charge is 0.342 e. The number of hydrogen-bond donors (Lipinski definition) is 1. The Hall–Kier alpha value is -1.68. The third-order valence-corrected chi connectivity index (χ3v) is 4.81. The standard InChI is InChI=1S/C16H16FNOS/c17-13-7-2-1-6-12(13)16(9-3-4-10-16)18-15(19)14-8-5-11-20-14/h1-2,5-8,11H,3-4,9-10H2,(H,18,19). The molecule has 104 valence electrons. The molecule has 0 saturated heterocycles. The number of amides is 1. The molecule has 1 fully saturated rings. The number of benzene rings is 1. The maximum absolute atomic E-state index is 14.1. The van der Waals surface area contributed by atoms with E-state index in [4.69, 9.17) is 0 Å². The minimum atomic E-state index is -0.549. The molecule has 1 N–H and O–H groups in total. The average molecular weight is 289 g/mol. The smallest absolute Gasteiger partial charge is 0.262 e. The highest BCUT2D eigenvalue weighted by molar-refractivity contribution is 7.12. The van der Waals surface area contributed by atoms with Gasteiger partial charge >= 0.3 is 0 Å². The van der Waals surface area contributed by atoms with Crippen LogP contribution in [0.15, 0.2) is 41.8 Å². The molecule has 0 unspecified atom stereocenters. The molecule has 1 heterocycles. The highest BCUT2D eigenvalue weighted by Crippen LogP contribution is 2.40. The van der Waals surface area contributed by atoms with Gasteiger partial charge in [0.25, 0.3) is 5.91 Å². The summed E-state index contributed by atoms with van der Waals surface area (Å²) in [5, 5.41) is 4.96. The van der Waals surface area contributed by atoms with Gasteiger partial charge in [0, 0.05) is 5.56 Å². The second-order valence-electron chi connectivity index (χ2n) is 5.20. The summed E-state index contributed by atoms with van der Waals surface area (Å²) in [5.41, 5.74) is 0.0641. The topological polar surface area (TPSA) is 29.1 Å². The quantitative estimate of drug-likeness (QED) is 0.906. The lowest BCUT2D eigenvalue weighted by Crippen LogP contribution is -2.44. The molecule has 1 saturated carbocycles. The number of rotatable bonds is 3. The van der Waals surface area contributed by atoms with Crippen molar-refractivity contribution in [2.24, 2.45) is 0 Å². The Morgan fingerprint density at radius 3 is 2.55 bits per heavy atom. The lowest BCUT2D eigenvalue weighted by atomic mass is 9.87. The predicted octanol–water partition coefficient (Wildman–Crippen LogP) is 4.09. The van der Waals surface area contributed by atoms with Crippen molar-refractivity contribution >= 4 is 17.2 Å². The zero-order valence-corrected chi connectivity index (χ0v) is 11.9. The van der Waals surface area contributed by atoms with Gasteiger partial charge in [0.15, 0.2) is 0 Å². The number of halogens is 1. The average Bonchev–Trinajstić information content (AvgIpc) is 3.10. The van der Waals surface area contributed by atoms with E-state index in [1.54, 1.807) is 18.2 Å². The van der Waals surface area contributed by atoms with Crippen molar-refractivity contribution in [2.75, 3.05) is 0 Å². The minimum absolute atomic E-state index is 0.106. The van der Waals surface area contributed by atoms with Gasteiger partial charge in [-0.25, -0.2) is 4.39 Å². The molecule has 2 nitrogen and oxygen atoms in total. The molecule has 20 heavy (non-hydrogen) atoms. The molecule has 0 radical (unpaired) electrons. The molecule has 1 aromatic heterocycles. The summed E-state index contributed by atoms with van der Waals surface area (Å²) in [5.74, 6) is -0.342. The van der Waals surface area contributed by atoms with Gasteiger partial charge in [0.2, 0.25) is 0 Å². The normalized spacial score (nSPS) is 17.1. The summed E-state index contributed by atoms with van der Waals surface area (Å²) in [7, 11) is 0. The van der Waals surface area contributed by atoms with E-state index in [1.807, 2.05) is 17.5 Å². The van der Waals surface area contributed by atoms with Crippen LogP contribution in [0.25, 0.3) is 0 Å². The Labute approximate surface area is 121 Å². The van der Waals surface area contributed by atoms with Gasteiger partial charge in [0.1, 0.15) is 5.82 Å². The van der Waals surface area contributed by atoms with Crippen molar-refractivity contribution < 1.29 is 9.18 Å². The molecule has 3 rings (SSSR count). The lowest BCUT2D eigenvalue weighted by Gasteiger charge is -2.31. The number of hydrogen-bond acceptors (Lipinski definition) is 2. The Morgan fingerprint density at radius 2 is 1.90 bits per heavy atom. The maximum Gasteiger partial charge on any atom is 0.262 e. The SMILES string of the molecule is O=C(NC1(c2ccccc2F)CCCC1)c1cccs1. The van der Waals surface area contributed by atoms with Gasteiger partial charge < -0.3 is 5.32 Å². The summed E-state index contributed by atoms with van der Waals surface area (Å²) in [6.45, 7) is 0. The van der Waals surface area contributed by atoms with E-state index in [-0.39, 0.29) is 11.7 Å². The number of carbonyl (C=O) groups excluding carboxylic acids is 1. The highest BCUT2D eigenvalue weighted by Gasteiger charge is 2.39. The van der Waals surface area contributed by atoms with Crippen LogP contribution < -0.4 is 5.32 Å². The molecule has 1 aromatic carbocycles. The van der Waals surface area contributed by atoms with E-state index in [9.17, 15) is 9.18 Å². The van der Waals surface area contributed by atoms with Crippen LogP contribution in [0, 0.1) is 5.82 Å². The van der Waals surface area contributed by atoms with Crippen LogP contribution in [0.1, 0.15) is 40.9 Å². The second kappa shape index (κ2) is 5.37. The molecule has 0 bridgehead atoms. The Morgan fingerprint density at radius 1 is 1.15 bits per heavy atom. The van der Waals surface area contributed by atoms with Gasteiger partial charge in [-0.3, -0.25) is 4.79 Å². The Balaban J connectivity index is 1.93. The first-order chi connectivity index (χ1) is 9.71. The molecular formula is C16H16FNOS. The predicted molar refractivity (Wildman–Crippen MR) is 78.3 cm³/mol. The fourth-order valence-corrected chi connectivity index (χ4v) is 3.60. The van der Waals surface area contributed by atoms with Crippen molar-refractivity contribution in [2.45, 2.75) is 31.2 Å². The van der Waals surface area contributed by atoms with Crippen LogP contribution in [0.5, 0.6) is 0 Å². The fraction of sp³-hybridized carbons (Fsp3) is 0.312. The zero-order chi connectivity index (χ0) is 14.0. The first kappa shape index (κ1) is 13.3. The zero-order valence-electron chi connectivity index (χ0n) is 11.1. The van der Waals surface area contributed by atoms with Crippen molar-refractivity contribution in [3.63, 3.8) is 0 Å². The Kier molecular flexibility index (Phi) is 3.57. The second-order valence-corrected chi connectivity index (χ2v) is 6.15. The van der Waals surface area contributed by atoms with Crippen LogP contribution in [0.4, 0.5) is 4.39 Å². The number of thiophene rings is 1. The minimum Gasteiger partial charge on any atom is -0.342 e. The molecule has 2 aromatic rings. The van der Waals surface area contributed by atoms with Gasteiger partial charge in [-0.2, -0.15) is 0 Å². The molecule has 4 heteroatoms. The maximum atomic E-state index is 14.1. The third kappa shape index (κ3) is 2.36.